The average molecular weight is 225 g/mol. The number of ether oxygens (including phenoxy) is 1. The molecule has 0 aromatic carbocycles. The van der Waals surface area contributed by atoms with E-state index in [1.807, 2.05) is 6.92 Å². The summed E-state index contributed by atoms with van der Waals surface area (Å²) in [6.07, 6.45) is -3.05. The second kappa shape index (κ2) is 4.70. The van der Waals surface area contributed by atoms with Gasteiger partial charge in [-0.3, -0.25) is 0 Å². The molecule has 15 heavy (non-hydrogen) atoms. The van der Waals surface area contributed by atoms with Crippen molar-refractivity contribution in [3.05, 3.63) is 0 Å². The summed E-state index contributed by atoms with van der Waals surface area (Å²) in [6, 6.07) is 0. The van der Waals surface area contributed by atoms with Gasteiger partial charge in [0.15, 0.2) is 0 Å². The van der Waals surface area contributed by atoms with E-state index in [4.69, 9.17) is 4.74 Å². The summed E-state index contributed by atoms with van der Waals surface area (Å²) in [5.74, 6) is -0.468. The molecule has 0 aliphatic carbocycles. The molecule has 1 rings (SSSR count). The third-order valence-corrected chi connectivity index (χ3v) is 3.08. The lowest BCUT2D eigenvalue weighted by molar-refractivity contribution is -0.207. The summed E-state index contributed by atoms with van der Waals surface area (Å²) in [4.78, 5) is 0. The largest absolute Gasteiger partial charge is 0.406 e. The SMILES string of the molecule is CCCNC(C)(C1CCOC1)C(F)(F)F. The Hall–Kier alpha value is -0.290. The molecule has 1 aliphatic rings. The average Bonchev–Trinajstić information content (AvgIpc) is 2.65. The fourth-order valence-corrected chi connectivity index (χ4v) is 1.85. The van der Waals surface area contributed by atoms with E-state index in [2.05, 4.69) is 5.32 Å². The van der Waals surface area contributed by atoms with Gasteiger partial charge in [0.05, 0.1) is 6.61 Å². The Bertz CT molecular complexity index is 201. The molecule has 1 saturated heterocycles. The highest BCUT2D eigenvalue weighted by molar-refractivity contribution is 4.98. The zero-order chi connectivity index (χ0) is 11.5. The Kier molecular flexibility index (Phi) is 4.00. The summed E-state index contributed by atoms with van der Waals surface area (Å²) in [5.41, 5.74) is -1.81. The zero-order valence-corrected chi connectivity index (χ0v) is 9.16. The van der Waals surface area contributed by atoms with E-state index in [9.17, 15) is 13.2 Å². The van der Waals surface area contributed by atoms with Gasteiger partial charge in [-0.2, -0.15) is 13.2 Å². The molecule has 1 N–H and O–H groups in total. The number of hydrogen-bond donors (Lipinski definition) is 1. The molecule has 1 aliphatic heterocycles. The van der Waals surface area contributed by atoms with Crippen molar-refractivity contribution in [1.29, 1.82) is 0 Å². The lowest BCUT2D eigenvalue weighted by Gasteiger charge is -2.37. The van der Waals surface area contributed by atoms with Crippen LogP contribution < -0.4 is 5.32 Å². The summed E-state index contributed by atoms with van der Waals surface area (Å²) in [7, 11) is 0. The molecule has 5 heteroatoms. The van der Waals surface area contributed by atoms with Crippen LogP contribution in [0.5, 0.6) is 0 Å². The van der Waals surface area contributed by atoms with Gasteiger partial charge >= 0.3 is 6.18 Å². The van der Waals surface area contributed by atoms with Gasteiger partial charge in [-0.25, -0.2) is 0 Å². The molecule has 0 aromatic heterocycles. The van der Waals surface area contributed by atoms with Crippen molar-refractivity contribution >= 4 is 0 Å². The highest BCUT2D eigenvalue weighted by atomic mass is 19.4. The van der Waals surface area contributed by atoms with Gasteiger partial charge in [-0.15, -0.1) is 0 Å². The van der Waals surface area contributed by atoms with Crippen LogP contribution in [0.1, 0.15) is 26.7 Å². The van der Waals surface area contributed by atoms with Crippen LogP contribution in [0.3, 0.4) is 0 Å². The van der Waals surface area contributed by atoms with Crippen molar-refractivity contribution in [1.82, 2.24) is 5.32 Å². The maximum absolute atomic E-state index is 13.0. The van der Waals surface area contributed by atoms with E-state index in [-0.39, 0.29) is 6.61 Å². The van der Waals surface area contributed by atoms with Gasteiger partial charge in [0.25, 0.3) is 0 Å². The second-order valence-corrected chi connectivity index (χ2v) is 4.19. The maximum atomic E-state index is 13.0. The molecule has 0 bridgehead atoms. The minimum Gasteiger partial charge on any atom is -0.381 e. The molecule has 0 aromatic rings. The number of rotatable bonds is 4. The predicted octanol–water partition coefficient (Wildman–Crippen LogP) is 2.34. The van der Waals surface area contributed by atoms with Crippen LogP contribution in [0.4, 0.5) is 13.2 Å². The molecule has 0 amide bonds. The number of halogens is 3. The Morgan fingerprint density at radius 1 is 1.40 bits per heavy atom. The van der Waals surface area contributed by atoms with Crippen molar-refractivity contribution in [2.75, 3.05) is 19.8 Å². The molecule has 2 nitrogen and oxygen atoms in total. The first-order valence-corrected chi connectivity index (χ1v) is 5.31. The summed E-state index contributed by atoms with van der Waals surface area (Å²) in [6.45, 7) is 4.11. The standard InChI is InChI=1S/C10H18F3NO/c1-3-5-14-9(2,10(11,12)13)8-4-6-15-7-8/h8,14H,3-7H2,1-2H3. The molecule has 2 atom stereocenters. The number of hydrogen-bond acceptors (Lipinski definition) is 2. The minimum atomic E-state index is -4.22. The van der Waals surface area contributed by atoms with Gasteiger partial charge in [-0.05, 0) is 26.3 Å². The normalized spacial score (nSPS) is 26.6. The van der Waals surface area contributed by atoms with E-state index in [0.717, 1.165) is 0 Å². The van der Waals surface area contributed by atoms with Crippen molar-refractivity contribution < 1.29 is 17.9 Å². The van der Waals surface area contributed by atoms with Gasteiger partial charge in [0.1, 0.15) is 5.54 Å². The van der Waals surface area contributed by atoms with Gasteiger partial charge < -0.3 is 10.1 Å². The number of nitrogens with one attached hydrogen (secondary N) is 1. The minimum absolute atomic E-state index is 0.201. The van der Waals surface area contributed by atoms with E-state index >= 15 is 0 Å². The van der Waals surface area contributed by atoms with Crippen LogP contribution in [-0.4, -0.2) is 31.5 Å². The van der Waals surface area contributed by atoms with E-state index in [1.165, 1.54) is 6.92 Å². The first-order valence-electron chi connectivity index (χ1n) is 5.31. The monoisotopic (exact) mass is 225 g/mol. The van der Waals surface area contributed by atoms with Crippen LogP contribution in [0.2, 0.25) is 0 Å². The summed E-state index contributed by atoms with van der Waals surface area (Å²) in [5, 5.41) is 2.62. The molecular formula is C10H18F3NO. The third kappa shape index (κ3) is 2.64. The van der Waals surface area contributed by atoms with E-state index in [1.54, 1.807) is 0 Å². The van der Waals surface area contributed by atoms with Crippen molar-refractivity contribution in [3.63, 3.8) is 0 Å². The van der Waals surface area contributed by atoms with Crippen molar-refractivity contribution in [3.8, 4) is 0 Å². The highest BCUT2D eigenvalue weighted by Crippen LogP contribution is 2.39. The van der Waals surface area contributed by atoms with E-state index in [0.29, 0.717) is 26.0 Å². The predicted molar refractivity (Wildman–Crippen MR) is 51.7 cm³/mol. The smallest absolute Gasteiger partial charge is 0.381 e. The zero-order valence-electron chi connectivity index (χ0n) is 9.16. The summed E-state index contributed by atoms with van der Waals surface area (Å²) >= 11 is 0. The van der Waals surface area contributed by atoms with Crippen LogP contribution in [-0.2, 0) is 4.74 Å². The molecule has 0 radical (unpaired) electrons. The van der Waals surface area contributed by atoms with Gasteiger partial charge in [-0.1, -0.05) is 6.92 Å². The molecule has 0 saturated carbocycles. The molecular weight excluding hydrogens is 207 g/mol. The van der Waals surface area contributed by atoms with Gasteiger partial charge in [0, 0.05) is 12.5 Å². The molecule has 90 valence electrons. The van der Waals surface area contributed by atoms with Crippen LogP contribution in [0.15, 0.2) is 0 Å². The van der Waals surface area contributed by atoms with Gasteiger partial charge in [0.2, 0.25) is 0 Å². The molecule has 1 heterocycles. The first-order chi connectivity index (χ1) is 6.92. The Balaban J connectivity index is 2.74. The van der Waals surface area contributed by atoms with E-state index < -0.39 is 17.6 Å². The first kappa shape index (κ1) is 12.8. The quantitative estimate of drug-likeness (QED) is 0.793. The molecule has 1 fully saturated rings. The molecule has 0 spiro atoms. The fraction of sp³-hybridized carbons (Fsp3) is 1.00. The second-order valence-electron chi connectivity index (χ2n) is 4.19. The Morgan fingerprint density at radius 2 is 2.07 bits per heavy atom. The third-order valence-electron chi connectivity index (χ3n) is 3.08. The topological polar surface area (TPSA) is 21.3 Å². The Labute approximate surface area is 88.2 Å². The molecule has 2 unspecified atom stereocenters. The maximum Gasteiger partial charge on any atom is 0.406 e. The summed E-state index contributed by atoms with van der Waals surface area (Å²) < 4.78 is 43.9. The number of alkyl halides is 3. The fourth-order valence-electron chi connectivity index (χ4n) is 1.85. The van der Waals surface area contributed by atoms with Crippen LogP contribution in [0, 0.1) is 5.92 Å². The lowest BCUT2D eigenvalue weighted by atomic mass is 9.84. The van der Waals surface area contributed by atoms with Crippen LogP contribution in [0.25, 0.3) is 0 Å². The lowest BCUT2D eigenvalue weighted by Crippen LogP contribution is -2.59. The Morgan fingerprint density at radius 3 is 2.47 bits per heavy atom. The van der Waals surface area contributed by atoms with Crippen LogP contribution >= 0.6 is 0 Å². The highest BCUT2D eigenvalue weighted by Gasteiger charge is 2.56. The van der Waals surface area contributed by atoms with Crippen molar-refractivity contribution in [2.24, 2.45) is 5.92 Å². The van der Waals surface area contributed by atoms with Crippen molar-refractivity contribution in [2.45, 2.75) is 38.4 Å².